The first kappa shape index (κ1) is 26.9. The summed E-state index contributed by atoms with van der Waals surface area (Å²) in [6.07, 6.45) is 6.09. The van der Waals surface area contributed by atoms with Crippen LogP contribution in [0.25, 0.3) is 0 Å². The molecule has 6 nitrogen and oxygen atoms in total. The summed E-state index contributed by atoms with van der Waals surface area (Å²) in [6.45, 7) is 14.2. The maximum atomic E-state index is 12.0. The molecule has 0 bridgehead atoms. The molecule has 0 heterocycles. The van der Waals surface area contributed by atoms with Crippen LogP contribution in [0.2, 0.25) is 0 Å². The fourth-order valence-electron chi connectivity index (χ4n) is 3.46. The summed E-state index contributed by atoms with van der Waals surface area (Å²) in [5, 5.41) is 9.52. The van der Waals surface area contributed by atoms with Crippen molar-refractivity contribution in [2.75, 3.05) is 13.2 Å². The third-order valence-electron chi connectivity index (χ3n) is 4.63. The summed E-state index contributed by atoms with van der Waals surface area (Å²) in [4.78, 5) is 34.5. The first-order valence-electron chi connectivity index (χ1n) is 10.4. The minimum atomic E-state index is -1.02. The van der Waals surface area contributed by atoms with E-state index in [0.717, 1.165) is 18.9 Å². The highest BCUT2D eigenvalue weighted by Gasteiger charge is 2.24. The summed E-state index contributed by atoms with van der Waals surface area (Å²) in [5.74, 6) is -1.46. The lowest BCUT2D eigenvalue weighted by Crippen LogP contribution is -2.21. The molecule has 0 radical (unpaired) electrons. The van der Waals surface area contributed by atoms with E-state index in [9.17, 15) is 19.5 Å². The number of esters is 2. The van der Waals surface area contributed by atoms with Crippen molar-refractivity contribution in [2.24, 2.45) is 23.7 Å². The molecule has 0 rings (SSSR count). The van der Waals surface area contributed by atoms with E-state index in [2.05, 4.69) is 34.3 Å². The van der Waals surface area contributed by atoms with Gasteiger partial charge in [0.15, 0.2) is 0 Å². The Labute approximate surface area is 175 Å². The molecule has 29 heavy (non-hydrogen) atoms. The van der Waals surface area contributed by atoms with Gasteiger partial charge in [-0.1, -0.05) is 45.9 Å². The molecule has 0 amide bonds. The van der Waals surface area contributed by atoms with Gasteiger partial charge in [0.25, 0.3) is 0 Å². The van der Waals surface area contributed by atoms with Gasteiger partial charge in [-0.05, 0) is 50.4 Å². The van der Waals surface area contributed by atoms with Gasteiger partial charge >= 0.3 is 17.9 Å². The number of unbranched alkanes of at least 4 members (excludes halogenated alkanes) is 1. The van der Waals surface area contributed by atoms with Crippen LogP contribution in [0, 0.1) is 23.7 Å². The smallest absolute Gasteiger partial charge is 0.330 e. The first-order chi connectivity index (χ1) is 13.6. The van der Waals surface area contributed by atoms with Crippen molar-refractivity contribution in [3.05, 3.63) is 24.3 Å². The second kappa shape index (κ2) is 14.8. The average molecular weight is 411 g/mol. The zero-order valence-electron chi connectivity index (χ0n) is 18.6. The number of carbonyl (C=O) groups excluding carboxylic acids is 2. The highest BCUT2D eigenvalue weighted by Crippen LogP contribution is 2.24. The molecule has 3 unspecified atom stereocenters. The summed E-state index contributed by atoms with van der Waals surface area (Å²) in [6, 6.07) is 0. The summed E-state index contributed by atoms with van der Waals surface area (Å²) in [5.41, 5.74) is 0.690. The van der Waals surface area contributed by atoms with Crippen LogP contribution in [0.5, 0.6) is 0 Å². The van der Waals surface area contributed by atoms with Crippen molar-refractivity contribution >= 4 is 17.9 Å². The van der Waals surface area contributed by atoms with E-state index in [1.54, 1.807) is 6.92 Å². The second-order valence-electron chi connectivity index (χ2n) is 8.25. The minimum Gasteiger partial charge on any atom is -0.481 e. The fourth-order valence-corrected chi connectivity index (χ4v) is 3.46. The quantitative estimate of drug-likeness (QED) is 0.181. The van der Waals surface area contributed by atoms with Crippen molar-refractivity contribution < 1.29 is 29.0 Å². The molecule has 0 saturated heterocycles. The molecule has 6 heteroatoms. The van der Waals surface area contributed by atoms with Gasteiger partial charge in [-0.25, -0.2) is 4.79 Å². The van der Waals surface area contributed by atoms with Crippen LogP contribution in [0.1, 0.15) is 66.7 Å². The van der Waals surface area contributed by atoms with Gasteiger partial charge in [-0.3, -0.25) is 9.59 Å². The Bertz CT molecular complexity index is 564. The van der Waals surface area contributed by atoms with Gasteiger partial charge < -0.3 is 14.6 Å². The molecule has 0 aromatic rings. The van der Waals surface area contributed by atoms with Crippen molar-refractivity contribution in [1.82, 2.24) is 0 Å². The highest BCUT2D eigenvalue weighted by molar-refractivity contribution is 5.81. The predicted molar refractivity (Wildman–Crippen MR) is 113 cm³/mol. The maximum absolute atomic E-state index is 12.0. The van der Waals surface area contributed by atoms with Gasteiger partial charge in [-0.15, -0.1) is 0 Å². The second-order valence-corrected chi connectivity index (χ2v) is 8.25. The largest absolute Gasteiger partial charge is 0.481 e. The average Bonchev–Trinajstić information content (AvgIpc) is 2.60. The minimum absolute atomic E-state index is 0.169. The molecule has 0 aliphatic heterocycles. The zero-order valence-corrected chi connectivity index (χ0v) is 18.6. The van der Waals surface area contributed by atoms with Crippen LogP contribution in [0.4, 0.5) is 0 Å². The highest BCUT2D eigenvalue weighted by atomic mass is 16.5. The Morgan fingerprint density at radius 2 is 1.59 bits per heavy atom. The number of hydrogen-bond acceptors (Lipinski definition) is 5. The molecular formula is C23H38O6. The van der Waals surface area contributed by atoms with Crippen molar-refractivity contribution in [1.29, 1.82) is 0 Å². The van der Waals surface area contributed by atoms with E-state index in [1.807, 2.05) is 6.08 Å². The molecule has 3 atom stereocenters. The Balaban J connectivity index is 4.46. The molecular weight excluding hydrogens is 372 g/mol. The van der Waals surface area contributed by atoms with E-state index >= 15 is 0 Å². The molecule has 0 spiro atoms. The third kappa shape index (κ3) is 13.7. The summed E-state index contributed by atoms with van der Waals surface area (Å²) in [7, 11) is 0. The lowest BCUT2D eigenvalue weighted by atomic mass is 9.87. The normalized spacial score (nSPS) is 14.8. The SMILES string of the molecule is C=CC(=O)OCCCCOC(=O)CC(C(=O)O)/C(C)=C/C(C)CC(C)CC(C)C. The predicted octanol–water partition coefficient (Wildman–Crippen LogP) is 4.78. The number of ether oxygens (including phenoxy) is 2. The summed E-state index contributed by atoms with van der Waals surface area (Å²) >= 11 is 0. The van der Waals surface area contributed by atoms with Crippen molar-refractivity contribution in [3.63, 3.8) is 0 Å². The van der Waals surface area contributed by atoms with Gasteiger partial charge in [0, 0.05) is 6.08 Å². The van der Waals surface area contributed by atoms with E-state index in [0.29, 0.717) is 30.3 Å². The van der Waals surface area contributed by atoms with Crippen LogP contribution < -0.4 is 0 Å². The molecule has 0 aromatic carbocycles. The Hall–Kier alpha value is -2.11. The van der Waals surface area contributed by atoms with E-state index in [-0.39, 0.29) is 25.6 Å². The van der Waals surface area contributed by atoms with Crippen LogP contribution in [-0.2, 0) is 23.9 Å². The fraction of sp³-hybridized carbons (Fsp3) is 0.696. The lowest BCUT2D eigenvalue weighted by Gasteiger charge is -2.19. The number of hydrogen-bond donors (Lipinski definition) is 1. The molecule has 0 aliphatic rings. The Kier molecular flexibility index (Phi) is 13.7. The molecule has 0 aliphatic carbocycles. The van der Waals surface area contributed by atoms with Crippen molar-refractivity contribution in [2.45, 2.75) is 66.7 Å². The Morgan fingerprint density at radius 1 is 1.00 bits per heavy atom. The number of aliphatic carboxylic acids is 1. The van der Waals surface area contributed by atoms with Crippen LogP contribution in [0.3, 0.4) is 0 Å². The van der Waals surface area contributed by atoms with Gasteiger partial charge in [-0.2, -0.15) is 0 Å². The third-order valence-corrected chi connectivity index (χ3v) is 4.63. The van der Waals surface area contributed by atoms with E-state index in [1.165, 1.54) is 0 Å². The number of carbonyl (C=O) groups is 3. The monoisotopic (exact) mass is 410 g/mol. The standard InChI is InChI=1S/C23H38O6/c1-7-21(24)28-10-8-9-11-29-22(25)15-20(23(26)27)19(6)14-18(5)13-17(4)12-16(2)3/h7,14,16-18,20H,1,8-13,15H2,2-6H3,(H,26,27)/b19-14+. The molecule has 0 fully saturated rings. The molecule has 1 N–H and O–H groups in total. The number of carboxylic acids is 1. The number of rotatable bonds is 15. The molecule has 0 aromatic heterocycles. The zero-order chi connectivity index (χ0) is 22.4. The number of allylic oxidation sites excluding steroid dienone is 1. The molecule has 166 valence electrons. The summed E-state index contributed by atoms with van der Waals surface area (Å²) < 4.78 is 9.96. The molecule has 0 saturated carbocycles. The number of carboxylic acid groups (broad SMARTS) is 1. The topological polar surface area (TPSA) is 89.9 Å². The van der Waals surface area contributed by atoms with Crippen molar-refractivity contribution in [3.8, 4) is 0 Å². The maximum Gasteiger partial charge on any atom is 0.330 e. The van der Waals surface area contributed by atoms with E-state index < -0.39 is 23.8 Å². The lowest BCUT2D eigenvalue weighted by molar-refractivity contribution is -0.150. The Morgan fingerprint density at radius 3 is 2.10 bits per heavy atom. The van der Waals surface area contributed by atoms with Crippen LogP contribution in [-0.4, -0.2) is 36.2 Å². The van der Waals surface area contributed by atoms with E-state index in [4.69, 9.17) is 9.47 Å². The van der Waals surface area contributed by atoms with Gasteiger partial charge in [0.05, 0.1) is 25.6 Å². The first-order valence-corrected chi connectivity index (χ1v) is 10.4. The van der Waals surface area contributed by atoms with Crippen LogP contribution >= 0.6 is 0 Å². The van der Waals surface area contributed by atoms with Gasteiger partial charge in [0.2, 0.25) is 0 Å². The van der Waals surface area contributed by atoms with Gasteiger partial charge in [0.1, 0.15) is 0 Å². The van der Waals surface area contributed by atoms with Crippen LogP contribution in [0.15, 0.2) is 24.3 Å².